The Hall–Kier alpha value is -1.36. The third-order valence-corrected chi connectivity index (χ3v) is 4.59. The fourth-order valence-electron chi connectivity index (χ4n) is 3.32. The number of carbonyl (C=O) groups excluding carboxylic acids is 2. The number of hydrogen-bond donors (Lipinski definition) is 3. The first kappa shape index (κ1) is 17.0. The van der Waals surface area contributed by atoms with Gasteiger partial charge in [0.1, 0.15) is 0 Å². The molecule has 1 saturated heterocycles. The van der Waals surface area contributed by atoms with Crippen molar-refractivity contribution in [1.82, 2.24) is 10.6 Å². The largest absolute Gasteiger partial charge is 0.337 e. The average molecular weight is 308 g/mol. The van der Waals surface area contributed by atoms with Crippen LogP contribution in [0.15, 0.2) is 11.6 Å². The van der Waals surface area contributed by atoms with Crippen LogP contribution in [0.3, 0.4) is 0 Å². The molecule has 0 aromatic carbocycles. The first-order valence-electron chi connectivity index (χ1n) is 8.83. The summed E-state index contributed by atoms with van der Waals surface area (Å²) in [6.45, 7) is 3.12. The molecule has 0 spiro atoms. The number of likely N-dealkylation sites (tertiary alicyclic amines) is 1. The lowest BCUT2D eigenvalue weighted by Crippen LogP contribution is -3.13. The molecule has 2 rings (SSSR count). The molecule has 22 heavy (non-hydrogen) atoms. The molecule has 1 aliphatic heterocycles. The first-order chi connectivity index (χ1) is 10.7. The van der Waals surface area contributed by atoms with Crippen molar-refractivity contribution in [2.75, 3.05) is 26.2 Å². The van der Waals surface area contributed by atoms with Crippen molar-refractivity contribution >= 4 is 11.9 Å². The van der Waals surface area contributed by atoms with E-state index in [0.717, 1.165) is 25.9 Å². The normalized spacial score (nSPS) is 19.9. The van der Waals surface area contributed by atoms with Gasteiger partial charge in [-0.1, -0.05) is 11.6 Å². The second kappa shape index (κ2) is 9.62. The standard InChI is InChI=1S/C17H29N3O2/c21-16(14-20-12-6-1-2-7-13-20)19-17(22)18-11-10-15-8-4-3-5-9-15/h8H,1-7,9-14H2,(H2,18,19,21,22)/p+1. The van der Waals surface area contributed by atoms with E-state index in [1.807, 2.05) is 0 Å². The van der Waals surface area contributed by atoms with Gasteiger partial charge in [-0.05, 0) is 57.8 Å². The molecule has 0 saturated carbocycles. The molecule has 0 radical (unpaired) electrons. The van der Waals surface area contributed by atoms with Crippen LogP contribution in [-0.2, 0) is 4.79 Å². The summed E-state index contributed by atoms with van der Waals surface area (Å²) in [6.07, 6.45) is 13.0. The van der Waals surface area contributed by atoms with Gasteiger partial charge in [0.25, 0.3) is 5.91 Å². The van der Waals surface area contributed by atoms with Crippen LogP contribution >= 0.6 is 0 Å². The Morgan fingerprint density at radius 2 is 1.82 bits per heavy atom. The van der Waals surface area contributed by atoms with Crippen molar-refractivity contribution in [2.45, 2.75) is 57.8 Å². The molecule has 124 valence electrons. The van der Waals surface area contributed by atoms with Crippen LogP contribution in [-0.4, -0.2) is 38.1 Å². The Bertz CT molecular complexity index is 399. The van der Waals surface area contributed by atoms with Crippen LogP contribution in [0.1, 0.15) is 57.8 Å². The first-order valence-corrected chi connectivity index (χ1v) is 8.83. The van der Waals surface area contributed by atoms with E-state index in [0.29, 0.717) is 13.1 Å². The molecule has 1 fully saturated rings. The summed E-state index contributed by atoms with van der Waals surface area (Å²) >= 11 is 0. The van der Waals surface area contributed by atoms with Crippen LogP contribution < -0.4 is 15.5 Å². The number of carbonyl (C=O) groups is 2. The van der Waals surface area contributed by atoms with Crippen molar-refractivity contribution in [3.05, 3.63) is 11.6 Å². The number of amides is 3. The van der Waals surface area contributed by atoms with E-state index in [1.54, 1.807) is 0 Å². The van der Waals surface area contributed by atoms with E-state index in [2.05, 4.69) is 16.7 Å². The number of rotatable bonds is 5. The van der Waals surface area contributed by atoms with Crippen molar-refractivity contribution in [3.8, 4) is 0 Å². The SMILES string of the molecule is O=C(C[NH+]1CCCCCC1)NC(=O)NCCC1=CCCCC1. The molecule has 5 nitrogen and oxygen atoms in total. The zero-order chi connectivity index (χ0) is 15.6. The van der Waals surface area contributed by atoms with Gasteiger partial charge in [-0.25, -0.2) is 4.79 Å². The summed E-state index contributed by atoms with van der Waals surface area (Å²) in [7, 11) is 0. The molecule has 5 heteroatoms. The predicted octanol–water partition coefficient (Wildman–Crippen LogP) is 1.16. The molecule has 0 aromatic rings. The molecule has 0 unspecified atom stereocenters. The lowest BCUT2D eigenvalue weighted by atomic mass is 9.97. The molecular weight excluding hydrogens is 278 g/mol. The third kappa shape index (κ3) is 6.60. The number of urea groups is 1. The van der Waals surface area contributed by atoms with Gasteiger partial charge in [0.15, 0.2) is 6.54 Å². The molecule has 1 aliphatic carbocycles. The zero-order valence-electron chi connectivity index (χ0n) is 13.6. The molecule has 0 aromatic heterocycles. The maximum absolute atomic E-state index is 11.9. The smallest absolute Gasteiger partial charge is 0.321 e. The van der Waals surface area contributed by atoms with Gasteiger partial charge in [0.05, 0.1) is 13.1 Å². The molecule has 0 atom stereocenters. The highest BCUT2D eigenvalue weighted by atomic mass is 16.2. The van der Waals surface area contributed by atoms with Gasteiger partial charge in [0, 0.05) is 6.54 Å². The topological polar surface area (TPSA) is 62.6 Å². The van der Waals surface area contributed by atoms with Gasteiger partial charge >= 0.3 is 6.03 Å². The van der Waals surface area contributed by atoms with E-state index < -0.39 is 0 Å². The lowest BCUT2D eigenvalue weighted by Gasteiger charge is -2.16. The summed E-state index contributed by atoms with van der Waals surface area (Å²) < 4.78 is 0. The second-order valence-electron chi connectivity index (χ2n) is 6.50. The highest BCUT2D eigenvalue weighted by molar-refractivity contribution is 5.94. The minimum absolute atomic E-state index is 0.161. The number of hydrogen-bond acceptors (Lipinski definition) is 2. The van der Waals surface area contributed by atoms with Crippen LogP contribution in [0.4, 0.5) is 4.79 Å². The number of allylic oxidation sites excluding steroid dienone is 1. The van der Waals surface area contributed by atoms with Gasteiger partial charge in [-0.15, -0.1) is 0 Å². The van der Waals surface area contributed by atoms with Gasteiger partial charge in [-0.2, -0.15) is 0 Å². The Labute approximate surface area is 133 Å². The summed E-state index contributed by atoms with van der Waals surface area (Å²) in [6, 6.07) is -0.351. The van der Waals surface area contributed by atoms with Gasteiger partial charge in [-0.3, -0.25) is 10.1 Å². The molecule has 1 heterocycles. The fourth-order valence-corrected chi connectivity index (χ4v) is 3.32. The van der Waals surface area contributed by atoms with Crippen LogP contribution in [0.25, 0.3) is 0 Å². The van der Waals surface area contributed by atoms with E-state index >= 15 is 0 Å². The summed E-state index contributed by atoms with van der Waals surface area (Å²) in [5.74, 6) is -0.161. The summed E-state index contributed by atoms with van der Waals surface area (Å²) in [5, 5.41) is 5.25. The fraction of sp³-hybridized carbons (Fsp3) is 0.765. The summed E-state index contributed by atoms with van der Waals surface area (Å²) in [5.41, 5.74) is 1.44. The quantitative estimate of drug-likeness (QED) is 0.668. The number of imide groups is 1. The predicted molar refractivity (Wildman–Crippen MR) is 86.7 cm³/mol. The van der Waals surface area contributed by atoms with E-state index in [-0.39, 0.29) is 11.9 Å². The van der Waals surface area contributed by atoms with Crippen molar-refractivity contribution in [2.24, 2.45) is 0 Å². The minimum atomic E-state index is -0.351. The van der Waals surface area contributed by atoms with Crippen LogP contribution in [0.5, 0.6) is 0 Å². The van der Waals surface area contributed by atoms with Crippen molar-refractivity contribution in [3.63, 3.8) is 0 Å². The molecular formula is C17H30N3O2+. The Morgan fingerprint density at radius 3 is 2.50 bits per heavy atom. The van der Waals surface area contributed by atoms with E-state index in [1.165, 1.54) is 55.4 Å². The van der Waals surface area contributed by atoms with Crippen molar-refractivity contribution < 1.29 is 14.5 Å². The van der Waals surface area contributed by atoms with E-state index in [4.69, 9.17) is 0 Å². The van der Waals surface area contributed by atoms with Crippen molar-refractivity contribution in [1.29, 1.82) is 0 Å². The maximum Gasteiger partial charge on any atom is 0.321 e. The molecule has 2 aliphatic rings. The summed E-state index contributed by atoms with van der Waals surface area (Å²) in [4.78, 5) is 24.9. The number of quaternary nitrogens is 1. The molecule has 3 N–H and O–H groups in total. The Morgan fingerprint density at radius 1 is 1.05 bits per heavy atom. The highest BCUT2D eigenvalue weighted by Gasteiger charge is 2.17. The van der Waals surface area contributed by atoms with Crippen LogP contribution in [0.2, 0.25) is 0 Å². The monoisotopic (exact) mass is 308 g/mol. The Balaban J connectivity index is 1.59. The Kier molecular flexibility index (Phi) is 7.43. The maximum atomic E-state index is 11.9. The lowest BCUT2D eigenvalue weighted by molar-refractivity contribution is -0.891. The van der Waals surface area contributed by atoms with Gasteiger partial charge in [0.2, 0.25) is 0 Å². The molecule has 3 amide bonds. The van der Waals surface area contributed by atoms with E-state index in [9.17, 15) is 9.59 Å². The average Bonchev–Trinajstić information content (AvgIpc) is 2.77. The second-order valence-corrected chi connectivity index (χ2v) is 6.50. The van der Waals surface area contributed by atoms with Crippen LogP contribution in [0, 0.1) is 0 Å². The number of nitrogens with one attached hydrogen (secondary N) is 3. The minimum Gasteiger partial charge on any atom is -0.337 e. The highest BCUT2D eigenvalue weighted by Crippen LogP contribution is 2.19. The third-order valence-electron chi connectivity index (χ3n) is 4.59. The zero-order valence-corrected chi connectivity index (χ0v) is 13.6. The van der Waals surface area contributed by atoms with Gasteiger partial charge < -0.3 is 10.2 Å². The molecule has 0 bridgehead atoms.